The molecule has 5 heteroatoms. The Balaban J connectivity index is 2.36. The predicted molar refractivity (Wildman–Crippen MR) is 90.5 cm³/mol. The molecule has 0 radical (unpaired) electrons. The molecule has 0 aromatic heterocycles. The van der Waals surface area contributed by atoms with Gasteiger partial charge in [0.15, 0.2) is 9.84 Å². The quantitative estimate of drug-likeness (QED) is 0.783. The fourth-order valence-corrected chi connectivity index (χ4v) is 3.96. The van der Waals surface area contributed by atoms with Crippen LogP contribution in [0.3, 0.4) is 0 Å². The molecule has 4 nitrogen and oxygen atoms in total. The topological polar surface area (TPSA) is 49.4 Å². The highest BCUT2D eigenvalue weighted by Crippen LogP contribution is 2.23. The van der Waals surface area contributed by atoms with Gasteiger partial charge in [-0.15, -0.1) is 0 Å². The molecule has 0 atom stereocenters. The van der Waals surface area contributed by atoms with E-state index >= 15 is 0 Å². The van der Waals surface area contributed by atoms with E-state index in [4.69, 9.17) is 0 Å². The van der Waals surface area contributed by atoms with Gasteiger partial charge in [0.1, 0.15) is 0 Å². The molecule has 21 heavy (non-hydrogen) atoms. The van der Waals surface area contributed by atoms with E-state index in [1.165, 1.54) is 32.1 Å². The highest BCUT2D eigenvalue weighted by Gasteiger charge is 2.30. The minimum atomic E-state index is -3.01. The molecule has 0 unspecified atom stereocenters. The Morgan fingerprint density at radius 3 is 2.19 bits per heavy atom. The maximum absolute atomic E-state index is 12.2. The van der Waals surface area contributed by atoms with Crippen molar-refractivity contribution >= 4 is 9.84 Å². The van der Waals surface area contributed by atoms with Gasteiger partial charge in [-0.2, -0.15) is 0 Å². The predicted octanol–water partition coefficient (Wildman–Crippen LogP) is 2.44. The van der Waals surface area contributed by atoms with Crippen LogP contribution in [0, 0.1) is 0 Å². The molecule has 0 aromatic carbocycles. The summed E-state index contributed by atoms with van der Waals surface area (Å²) in [6, 6.07) is 1.20. The van der Waals surface area contributed by atoms with Crippen LogP contribution in [0.15, 0.2) is 0 Å². The zero-order chi connectivity index (χ0) is 16.1. The van der Waals surface area contributed by atoms with Crippen LogP contribution in [0.2, 0.25) is 0 Å². The van der Waals surface area contributed by atoms with Crippen molar-refractivity contribution in [2.75, 3.05) is 25.9 Å². The van der Waals surface area contributed by atoms with Gasteiger partial charge >= 0.3 is 0 Å². The molecule has 0 aliphatic heterocycles. The fourth-order valence-electron chi connectivity index (χ4n) is 2.82. The maximum Gasteiger partial charge on any atom is 0.156 e. The van der Waals surface area contributed by atoms with Gasteiger partial charge in [0.05, 0.1) is 10.5 Å². The Hall–Kier alpha value is -0.130. The lowest BCUT2D eigenvalue weighted by atomic mass is 9.90. The highest BCUT2D eigenvalue weighted by molar-refractivity contribution is 7.92. The van der Waals surface area contributed by atoms with Crippen LogP contribution in [-0.2, 0) is 9.84 Å². The molecular weight excluding hydrogens is 284 g/mol. The molecule has 0 heterocycles. The molecule has 126 valence electrons. The van der Waals surface area contributed by atoms with Crippen LogP contribution in [0.1, 0.15) is 59.8 Å². The van der Waals surface area contributed by atoms with Gasteiger partial charge in [0.2, 0.25) is 0 Å². The van der Waals surface area contributed by atoms with Crippen molar-refractivity contribution in [3.8, 4) is 0 Å². The molecule has 0 spiro atoms. The Morgan fingerprint density at radius 1 is 1.14 bits per heavy atom. The van der Waals surface area contributed by atoms with Crippen molar-refractivity contribution in [2.24, 2.45) is 0 Å². The van der Waals surface area contributed by atoms with Gasteiger partial charge in [0.25, 0.3) is 0 Å². The number of rotatable bonds is 7. The lowest BCUT2D eigenvalue weighted by molar-refractivity contribution is 0.182. The van der Waals surface area contributed by atoms with Crippen molar-refractivity contribution in [3.05, 3.63) is 0 Å². The van der Waals surface area contributed by atoms with Gasteiger partial charge in [0, 0.05) is 18.6 Å². The Labute approximate surface area is 131 Å². The van der Waals surface area contributed by atoms with Crippen molar-refractivity contribution in [1.29, 1.82) is 0 Å². The molecule has 0 bridgehead atoms. The van der Waals surface area contributed by atoms with Crippen LogP contribution in [0.4, 0.5) is 0 Å². The van der Waals surface area contributed by atoms with Crippen molar-refractivity contribution < 1.29 is 8.42 Å². The number of hydrogen-bond donors (Lipinski definition) is 1. The Kier molecular flexibility index (Phi) is 7.14. The summed E-state index contributed by atoms with van der Waals surface area (Å²) in [7, 11) is -0.936. The summed E-state index contributed by atoms with van der Waals surface area (Å²) in [5.74, 6) is 0.265. The van der Waals surface area contributed by atoms with E-state index in [0.717, 1.165) is 6.54 Å². The van der Waals surface area contributed by atoms with E-state index in [-0.39, 0.29) is 5.75 Å². The molecule has 0 aromatic rings. The van der Waals surface area contributed by atoms with Crippen molar-refractivity contribution in [2.45, 2.75) is 76.6 Å². The van der Waals surface area contributed by atoms with Crippen molar-refractivity contribution in [3.63, 3.8) is 0 Å². The SMILES string of the molecule is CCCNC1CCC(N(C)CCS(=O)(=O)C(C)(C)C)CC1. The van der Waals surface area contributed by atoms with E-state index < -0.39 is 14.6 Å². The molecule has 1 saturated carbocycles. The normalized spacial score (nSPS) is 24.5. The zero-order valence-electron chi connectivity index (χ0n) is 14.5. The van der Waals surface area contributed by atoms with Crippen LogP contribution < -0.4 is 5.32 Å². The minimum absolute atomic E-state index is 0.265. The van der Waals surface area contributed by atoms with E-state index in [0.29, 0.717) is 18.6 Å². The van der Waals surface area contributed by atoms with Crippen LogP contribution in [0.25, 0.3) is 0 Å². The van der Waals surface area contributed by atoms with E-state index in [9.17, 15) is 8.42 Å². The monoisotopic (exact) mass is 318 g/mol. The van der Waals surface area contributed by atoms with E-state index in [1.54, 1.807) is 20.8 Å². The lowest BCUT2D eigenvalue weighted by Crippen LogP contribution is -2.43. The van der Waals surface area contributed by atoms with Gasteiger partial charge in [-0.05, 0) is 66.5 Å². The third-order valence-corrected chi connectivity index (χ3v) is 7.23. The highest BCUT2D eigenvalue weighted by atomic mass is 32.2. The van der Waals surface area contributed by atoms with Gasteiger partial charge < -0.3 is 10.2 Å². The molecule has 1 rings (SSSR count). The third-order valence-electron chi connectivity index (χ3n) is 4.65. The number of nitrogens with zero attached hydrogens (tertiary/aromatic N) is 1. The molecule has 0 saturated heterocycles. The second kappa shape index (κ2) is 7.93. The molecule has 0 amide bonds. The summed E-state index contributed by atoms with van der Waals surface area (Å²) in [6.07, 6.45) is 5.95. The smallest absolute Gasteiger partial charge is 0.156 e. The Morgan fingerprint density at radius 2 is 1.71 bits per heavy atom. The first-order valence-corrected chi connectivity index (χ1v) is 9.98. The summed E-state index contributed by atoms with van der Waals surface area (Å²) in [5.41, 5.74) is 0. The molecule has 1 N–H and O–H groups in total. The van der Waals surface area contributed by atoms with Gasteiger partial charge in [-0.1, -0.05) is 6.92 Å². The second-order valence-corrected chi connectivity index (χ2v) is 10.2. The lowest BCUT2D eigenvalue weighted by Gasteiger charge is -2.35. The molecule has 1 aliphatic carbocycles. The Bertz CT molecular complexity index is 393. The van der Waals surface area contributed by atoms with Crippen LogP contribution in [0.5, 0.6) is 0 Å². The van der Waals surface area contributed by atoms with E-state index in [2.05, 4.69) is 24.2 Å². The first kappa shape index (κ1) is 18.9. The second-order valence-electron chi connectivity index (χ2n) is 7.37. The van der Waals surface area contributed by atoms with Gasteiger partial charge in [-0.3, -0.25) is 0 Å². The average Bonchev–Trinajstić information content (AvgIpc) is 2.42. The minimum Gasteiger partial charge on any atom is -0.314 e. The zero-order valence-corrected chi connectivity index (χ0v) is 15.3. The summed E-state index contributed by atoms with van der Waals surface area (Å²) in [5, 5.41) is 3.59. The first-order chi connectivity index (χ1) is 9.67. The van der Waals surface area contributed by atoms with Crippen LogP contribution in [-0.4, -0.2) is 56.0 Å². The van der Waals surface area contributed by atoms with Gasteiger partial charge in [-0.25, -0.2) is 8.42 Å². The fraction of sp³-hybridized carbons (Fsp3) is 1.00. The third kappa shape index (κ3) is 5.87. The maximum atomic E-state index is 12.2. The summed E-state index contributed by atoms with van der Waals surface area (Å²) >= 11 is 0. The average molecular weight is 319 g/mol. The summed E-state index contributed by atoms with van der Waals surface area (Å²) in [6.45, 7) is 9.31. The standard InChI is InChI=1S/C16H34N2O2S/c1-6-11-17-14-7-9-15(10-8-14)18(5)12-13-21(19,20)16(2,3)4/h14-15,17H,6-13H2,1-5H3. The summed E-state index contributed by atoms with van der Waals surface area (Å²) in [4.78, 5) is 2.25. The molecule has 1 aliphatic rings. The van der Waals surface area contributed by atoms with Crippen molar-refractivity contribution in [1.82, 2.24) is 10.2 Å². The first-order valence-electron chi connectivity index (χ1n) is 8.33. The van der Waals surface area contributed by atoms with E-state index in [1.807, 2.05) is 0 Å². The summed E-state index contributed by atoms with van der Waals surface area (Å²) < 4.78 is 23.7. The molecule has 1 fully saturated rings. The number of nitrogens with one attached hydrogen (secondary N) is 1. The number of sulfone groups is 1. The van der Waals surface area contributed by atoms with Crippen LogP contribution >= 0.6 is 0 Å². The molecular formula is C16H34N2O2S. The number of hydrogen-bond acceptors (Lipinski definition) is 4. The largest absolute Gasteiger partial charge is 0.314 e.